The molecule has 1 saturated heterocycles. The van der Waals surface area contributed by atoms with Crippen molar-refractivity contribution in [1.29, 1.82) is 0 Å². The number of carbonyl (C=O) groups excluding carboxylic acids is 1. The minimum absolute atomic E-state index is 0.00126. The summed E-state index contributed by atoms with van der Waals surface area (Å²) < 4.78 is 5.83. The zero-order valence-corrected chi connectivity index (χ0v) is 13.6. The fraction of sp³-hybridized carbons (Fsp3) is 0.368. The van der Waals surface area contributed by atoms with Crippen molar-refractivity contribution < 1.29 is 9.53 Å². The van der Waals surface area contributed by atoms with Gasteiger partial charge in [0.25, 0.3) is 5.91 Å². The molecule has 1 aromatic heterocycles. The molecule has 4 heteroatoms. The van der Waals surface area contributed by atoms with E-state index in [0.29, 0.717) is 6.61 Å². The van der Waals surface area contributed by atoms with Gasteiger partial charge in [0.1, 0.15) is 0 Å². The van der Waals surface area contributed by atoms with Crippen LogP contribution in [0.3, 0.4) is 0 Å². The van der Waals surface area contributed by atoms with Crippen LogP contribution in [-0.4, -0.2) is 23.5 Å². The van der Waals surface area contributed by atoms with E-state index in [1.54, 1.807) is 6.20 Å². The molecular weight excluding hydrogens is 288 g/mol. The monoisotopic (exact) mass is 310 g/mol. The Hall–Kier alpha value is -2.20. The highest BCUT2D eigenvalue weighted by atomic mass is 16.5. The van der Waals surface area contributed by atoms with Crippen molar-refractivity contribution in [3.63, 3.8) is 0 Å². The Morgan fingerprint density at radius 3 is 2.91 bits per heavy atom. The van der Waals surface area contributed by atoms with Crippen molar-refractivity contribution in [2.75, 3.05) is 6.61 Å². The number of carbonyl (C=O) groups is 1. The third kappa shape index (κ3) is 3.59. The normalized spacial score (nSPS) is 21.0. The number of amides is 1. The lowest BCUT2D eigenvalue weighted by atomic mass is 9.97. The van der Waals surface area contributed by atoms with Gasteiger partial charge < -0.3 is 10.1 Å². The second-order valence-electron chi connectivity index (χ2n) is 6.09. The first-order valence-electron chi connectivity index (χ1n) is 8.04. The molecule has 1 aromatic carbocycles. The van der Waals surface area contributed by atoms with E-state index in [1.807, 2.05) is 50.4 Å². The number of rotatable bonds is 3. The maximum absolute atomic E-state index is 12.6. The van der Waals surface area contributed by atoms with Crippen LogP contribution >= 0.6 is 0 Å². The van der Waals surface area contributed by atoms with Crippen molar-refractivity contribution in [1.82, 2.24) is 10.3 Å². The second kappa shape index (κ2) is 6.92. The fourth-order valence-electron chi connectivity index (χ4n) is 2.99. The quantitative estimate of drug-likeness (QED) is 0.946. The smallest absolute Gasteiger partial charge is 0.251 e. The van der Waals surface area contributed by atoms with Crippen molar-refractivity contribution >= 4 is 5.91 Å². The molecule has 23 heavy (non-hydrogen) atoms. The van der Waals surface area contributed by atoms with E-state index >= 15 is 0 Å². The second-order valence-corrected chi connectivity index (χ2v) is 6.09. The van der Waals surface area contributed by atoms with Crippen LogP contribution in [-0.2, 0) is 4.74 Å². The lowest BCUT2D eigenvalue weighted by Gasteiger charge is -2.30. The number of hydrogen-bond acceptors (Lipinski definition) is 3. The van der Waals surface area contributed by atoms with Gasteiger partial charge in [0, 0.05) is 30.6 Å². The lowest BCUT2D eigenvalue weighted by Crippen LogP contribution is -2.40. The molecule has 2 aromatic rings. The molecule has 120 valence electrons. The van der Waals surface area contributed by atoms with Crippen molar-refractivity contribution in [2.24, 2.45) is 0 Å². The van der Waals surface area contributed by atoms with Crippen LogP contribution in [0.5, 0.6) is 0 Å². The van der Waals surface area contributed by atoms with Crippen LogP contribution in [0.25, 0.3) is 0 Å². The van der Waals surface area contributed by atoms with E-state index in [2.05, 4.69) is 10.3 Å². The Morgan fingerprint density at radius 1 is 1.26 bits per heavy atom. The fourth-order valence-corrected chi connectivity index (χ4v) is 2.99. The van der Waals surface area contributed by atoms with Crippen LogP contribution in [0.4, 0.5) is 0 Å². The zero-order chi connectivity index (χ0) is 16.2. The van der Waals surface area contributed by atoms with Gasteiger partial charge in [0.15, 0.2) is 0 Å². The maximum atomic E-state index is 12.6. The lowest BCUT2D eigenvalue weighted by molar-refractivity contribution is 0.000721. The Bertz CT molecular complexity index is 685. The molecule has 0 aliphatic carbocycles. The van der Waals surface area contributed by atoms with Crippen LogP contribution < -0.4 is 5.32 Å². The Morgan fingerprint density at radius 2 is 2.13 bits per heavy atom. The summed E-state index contributed by atoms with van der Waals surface area (Å²) in [5.41, 5.74) is 4.01. The van der Waals surface area contributed by atoms with Gasteiger partial charge in [-0.2, -0.15) is 0 Å². The van der Waals surface area contributed by atoms with Crippen LogP contribution in [0.1, 0.15) is 46.0 Å². The predicted molar refractivity (Wildman–Crippen MR) is 89.3 cm³/mol. The number of benzene rings is 1. The van der Waals surface area contributed by atoms with Gasteiger partial charge in [-0.05, 0) is 55.5 Å². The Labute approximate surface area is 136 Å². The summed E-state index contributed by atoms with van der Waals surface area (Å²) in [5.74, 6) is 0.00281. The molecule has 1 aliphatic heterocycles. The van der Waals surface area contributed by atoms with Crippen LogP contribution in [0, 0.1) is 13.8 Å². The molecule has 0 bridgehead atoms. The predicted octanol–water partition coefficient (Wildman–Crippen LogP) is 3.35. The summed E-state index contributed by atoms with van der Waals surface area (Å²) in [7, 11) is 0. The standard InChI is InChI=1S/C19H22N2O2/c1-13-5-3-7-17(14(13)2)19(22)21-16-8-10-23-18(11-16)15-6-4-9-20-12-15/h3-7,9,12,16,18H,8,10-11H2,1-2H3,(H,21,22)/t16-,18-/m0/s1. The maximum Gasteiger partial charge on any atom is 0.251 e. The molecule has 0 saturated carbocycles. The first-order valence-corrected chi connectivity index (χ1v) is 8.04. The van der Waals surface area contributed by atoms with E-state index in [4.69, 9.17) is 4.74 Å². The highest BCUT2D eigenvalue weighted by Crippen LogP contribution is 2.27. The summed E-state index contributed by atoms with van der Waals surface area (Å²) in [6.07, 6.45) is 5.21. The average molecular weight is 310 g/mol. The number of aryl methyl sites for hydroxylation is 1. The summed E-state index contributed by atoms with van der Waals surface area (Å²) >= 11 is 0. The third-order valence-corrected chi connectivity index (χ3v) is 4.52. The van der Waals surface area contributed by atoms with Crippen LogP contribution in [0.2, 0.25) is 0 Å². The molecule has 0 spiro atoms. The van der Waals surface area contributed by atoms with Gasteiger partial charge >= 0.3 is 0 Å². The van der Waals surface area contributed by atoms with E-state index < -0.39 is 0 Å². The van der Waals surface area contributed by atoms with Gasteiger partial charge in [0.05, 0.1) is 6.10 Å². The Kier molecular flexibility index (Phi) is 4.72. The van der Waals surface area contributed by atoms with Gasteiger partial charge in [-0.25, -0.2) is 0 Å². The van der Waals surface area contributed by atoms with Crippen LogP contribution in [0.15, 0.2) is 42.7 Å². The highest BCUT2D eigenvalue weighted by Gasteiger charge is 2.25. The molecule has 0 unspecified atom stereocenters. The summed E-state index contributed by atoms with van der Waals surface area (Å²) in [4.78, 5) is 16.7. The number of nitrogens with zero attached hydrogens (tertiary/aromatic N) is 1. The number of pyridine rings is 1. The van der Waals surface area contributed by atoms with Crippen molar-refractivity contribution in [3.8, 4) is 0 Å². The average Bonchev–Trinajstić information content (AvgIpc) is 2.58. The minimum Gasteiger partial charge on any atom is -0.373 e. The molecule has 1 amide bonds. The van der Waals surface area contributed by atoms with Gasteiger partial charge in [0.2, 0.25) is 0 Å². The highest BCUT2D eigenvalue weighted by molar-refractivity contribution is 5.96. The van der Waals surface area contributed by atoms with E-state index in [0.717, 1.165) is 35.1 Å². The number of nitrogens with one attached hydrogen (secondary N) is 1. The number of ether oxygens (including phenoxy) is 1. The zero-order valence-electron chi connectivity index (χ0n) is 13.6. The Balaban J connectivity index is 1.68. The summed E-state index contributed by atoms with van der Waals surface area (Å²) in [6.45, 7) is 4.67. The summed E-state index contributed by atoms with van der Waals surface area (Å²) in [6, 6.07) is 9.90. The third-order valence-electron chi connectivity index (χ3n) is 4.52. The molecule has 4 nitrogen and oxygen atoms in total. The molecule has 1 N–H and O–H groups in total. The molecule has 1 aliphatic rings. The molecule has 3 rings (SSSR count). The van der Waals surface area contributed by atoms with Crippen molar-refractivity contribution in [2.45, 2.75) is 38.8 Å². The first kappa shape index (κ1) is 15.7. The van der Waals surface area contributed by atoms with Crippen molar-refractivity contribution in [3.05, 3.63) is 65.0 Å². The number of hydrogen-bond donors (Lipinski definition) is 1. The molecular formula is C19H22N2O2. The largest absolute Gasteiger partial charge is 0.373 e. The van der Waals surface area contributed by atoms with Gasteiger partial charge in [-0.1, -0.05) is 18.2 Å². The minimum atomic E-state index is 0.00126. The first-order chi connectivity index (χ1) is 11.1. The topological polar surface area (TPSA) is 51.2 Å². The molecule has 2 atom stereocenters. The molecule has 0 radical (unpaired) electrons. The van der Waals surface area contributed by atoms with Gasteiger partial charge in [-0.15, -0.1) is 0 Å². The SMILES string of the molecule is Cc1cccc(C(=O)N[C@H]2CCO[C@H](c3cccnc3)C2)c1C. The molecule has 1 fully saturated rings. The van der Waals surface area contributed by atoms with E-state index in [-0.39, 0.29) is 18.1 Å². The number of aromatic nitrogens is 1. The van der Waals surface area contributed by atoms with Gasteiger partial charge in [-0.3, -0.25) is 9.78 Å². The van der Waals surface area contributed by atoms with E-state index in [9.17, 15) is 4.79 Å². The molecule has 2 heterocycles. The summed E-state index contributed by atoms with van der Waals surface area (Å²) in [5, 5.41) is 3.16. The van der Waals surface area contributed by atoms with E-state index in [1.165, 1.54) is 0 Å².